The summed E-state index contributed by atoms with van der Waals surface area (Å²) in [5.74, 6) is 1.15. The summed E-state index contributed by atoms with van der Waals surface area (Å²) >= 11 is 3.42. The smallest absolute Gasteiger partial charge is 0.253 e. The van der Waals surface area contributed by atoms with Gasteiger partial charge in [0.15, 0.2) is 0 Å². The van der Waals surface area contributed by atoms with E-state index in [-0.39, 0.29) is 11.8 Å². The van der Waals surface area contributed by atoms with Crippen LogP contribution in [0.25, 0.3) is 5.70 Å². The minimum Gasteiger partial charge on any atom is -0.327 e. The van der Waals surface area contributed by atoms with E-state index in [4.69, 9.17) is 0 Å². The molecule has 0 aromatic carbocycles. The van der Waals surface area contributed by atoms with E-state index in [0.717, 1.165) is 80.5 Å². The fraction of sp³-hybridized carbons (Fsp3) is 0.684. The van der Waals surface area contributed by atoms with Gasteiger partial charge in [-0.25, -0.2) is 0 Å². The molecule has 2 amide bonds. The Hall–Kier alpha value is -1.92. The molecule has 0 N–H and O–H groups in total. The van der Waals surface area contributed by atoms with E-state index in [9.17, 15) is 0 Å². The van der Waals surface area contributed by atoms with Crippen LogP contribution in [0.3, 0.4) is 0 Å². The second-order valence-electron chi connectivity index (χ2n) is 13.4. The van der Waals surface area contributed by atoms with Gasteiger partial charge in [-0.2, -0.15) is 0 Å². The molecule has 0 radical (unpaired) electrons. The minimum absolute atomic E-state index is 0.115. The number of likely N-dealkylation sites (tertiary alicyclic amines) is 1. The molecule has 44 heavy (non-hydrogen) atoms. The van der Waals surface area contributed by atoms with Crippen LogP contribution in [0.1, 0.15) is 135 Å². The Kier molecular flexibility index (Phi) is 13.2. The standard InChI is InChI=1S/C38H58N2O2S2/c1-7-13-18-28(10-4)25-38(32-22-17-24-44-32)34-33(36(41)40(38)27-30(12-6)20-15-9-3)35(31-21-16-23-43-31)39(37(34)42)26-29(11-5)19-14-8-2/h16-17,21-24,28-30,34H,7-15,18-20,25-27H2,1-6H3. The van der Waals surface area contributed by atoms with Crippen LogP contribution in [0.5, 0.6) is 0 Å². The van der Waals surface area contributed by atoms with Crippen LogP contribution in [0.15, 0.2) is 40.6 Å². The molecule has 2 aliphatic heterocycles. The number of fused-ring (bicyclic) bond motifs is 1. The van der Waals surface area contributed by atoms with Crippen molar-refractivity contribution in [2.24, 2.45) is 23.7 Å². The second-order valence-corrected chi connectivity index (χ2v) is 15.3. The van der Waals surface area contributed by atoms with Crippen molar-refractivity contribution in [2.45, 2.75) is 131 Å². The first kappa shape index (κ1) is 34.9. The van der Waals surface area contributed by atoms with Gasteiger partial charge in [0.1, 0.15) is 0 Å². The van der Waals surface area contributed by atoms with Crippen molar-refractivity contribution in [1.29, 1.82) is 0 Å². The summed E-state index contributed by atoms with van der Waals surface area (Å²) in [5.41, 5.74) is 1.07. The molecule has 4 rings (SSSR count). The molecular formula is C38H58N2O2S2. The number of unbranched alkanes of at least 4 members (excludes halogenated alkanes) is 3. The molecular weight excluding hydrogens is 581 g/mol. The lowest BCUT2D eigenvalue weighted by molar-refractivity contribution is -0.137. The molecule has 2 aliphatic rings. The Morgan fingerprint density at radius 1 is 0.750 bits per heavy atom. The van der Waals surface area contributed by atoms with E-state index < -0.39 is 11.5 Å². The van der Waals surface area contributed by atoms with Crippen LogP contribution in [0, 0.1) is 23.7 Å². The molecule has 5 atom stereocenters. The van der Waals surface area contributed by atoms with Gasteiger partial charge in [-0.3, -0.25) is 9.59 Å². The van der Waals surface area contributed by atoms with Gasteiger partial charge in [-0.1, -0.05) is 118 Å². The maximum absolute atomic E-state index is 15.1. The normalized spacial score (nSPS) is 22.3. The largest absolute Gasteiger partial charge is 0.327 e. The number of carbonyl (C=O) groups excluding carboxylic acids is 2. The highest BCUT2D eigenvalue weighted by Gasteiger charge is 2.65. The van der Waals surface area contributed by atoms with Crippen molar-refractivity contribution in [1.82, 2.24) is 9.80 Å². The van der Waals surface area contributed by atoms with E-state index in [1.54, 1.807) is 22.7 Å². The molecule has 2 aromatic rings. The van der Waals surface area contributed by atoms with Crippen molar-refractivity contribution in [3.05, 3.63) is 50.4 Å². The maximum atomic E-state index is 15.1. The fourth-order valence-electron chi connectivity index (χ4n) is 7.79. The first-order valence-corrected chi connectivity index (χ1v) is 19.6. The average Bonchev–Trinajstić information content (AvgIpc) is 3.84. The fourth-order valence-corrected chi connectivity index (χ4v) is 9.56. The number of nitrogens with zero attached hydrogens (tertiary/aromatic N) is 2. The third kappa shape index (κ3) is 7.07. The van der Waals surface area contributed by atoms with Crippen LogP contribution in [-0.4, -0.2) is 34.7 Å². The number of carbonyl (C=O) groups is 2. The molecule has 0 spiro atoms. The van der Waals surface area contributed by atoms with Crippen LogP contribution < -0.4 is 0 Å². The Morgan fingerprint density at radius 2 is 1.32 bits per heavy atom. The van der Waals surface area contributed by atoms with Gasteiger partial charge in [0, 0.05) is 18.0 Å². The quantitative estimate of drug-likeness (QED) is 0.145. The van der Waals surface area contributed by atoms with Crippen LogP contribution in [0.4, 0.5) is 0 Å². The highest BCUT2D eigenvalue weighted by molar-refractivity contribution is 7.11. The molecule has 0 bridgehead atoms. The second kappa shape index (κ2) is 16.6. The molecule has 4 heterocycles. The van der Waals surface area contributed by atoms with Gasteiger partial charge in [0.2, 0.25) is 5.91 Å². The summed E-state index contributed by atoms with van der Waals surface area (Å²) in [5, 5.41) is 4.24. The van der Waals surface area contributed by atoms with Gasteiger partial charge in [-0.05, 0) is 59.9 Å². The van der Waals surface area contributed by atoms with Crippen LogP contribution in [-0.2, 0) is 15.1 Å². The maximum Gasteiger partial charge on any atom is 0.253 e. The van der Waals surface area contributed by atoms with Gasteiger partial charge in [0.25, 0.3) is 5.91 Å². The lowest BCUT2D eigenvalue weighted by Gasteiger charge is -2.44. The van der Waals surface area contributed by atoms with E-state index in [1.165, 1.54) is 30.6 Å². The minimum atomic E-state index is -0.631. The van der Waals surface area contributed by atoms with E-state index >= 15 is 9.59 Å². The number of hydrogen-bond acceptors (Lipinski definition) is 4. The van der Waals surface area contributed by atoms with E-state index in [2.05, 4.69) is 86.4 Å². The first-order chi connectivity index (χ1) is 21.4. The predicted octanol–water partition coefficient (Wildman–Crippen LogP) is 10.8. The van der Waals surface area contributed by atoms with Crippen LogP contribution in [0.2, 0.25) is 0 Å². The lowest BCUT2D eigenvalue weighted by atomic mass is 9.73. The number of rotatable bonds is 20. The number of amides is 2. The van der Waals surface area contributed by atoms with Crippen molar-refractivity contribution in [3.8, 4) is 0 Å². The monoisotopic (exact) mass is 638 g/mol. The Balaban J connectivity index is 1.93. The zero-order chi connectivity index (χ0) is 31.7. The highest BCUT2D eigenvalue weighted by Crippen LogP contribution is 2.59. The van der Waals surface area contributed by atoms with Gasteiger partial charge in [-0.15, -0.1) is 22.7 Å². The summed E-state index contributed by atoms with van der Waals surface area (Å²) in [6.45, 7) is 15.0. The van der Waals surface area contributed by atoms with Crippen molar-refractivity contribution in [2.75, 3.05) is 13.1 Å². The van der Waals surface area contributed by atoms with Gasteiger partial charge in [0.05, 0.1) is 27.6 Å². The van der Waals surface area contributed by atoms with E-state index in [0.29, 0.717) is 24.3 Å². The zero-order valence-corrected chi connectivity index (χ0v) is 30.0. The van der Waals surface area contributed by atoms with Gasteiger partial charge >= 0.3 is 0 Å². The summed E-state index contributed by atoms with van der Waals surface area (Å²) in [6, 6.07) is 8.54. The third-order valence-corrected chi connectivity index (χ3v) is 12.5. The SMILES string of the molecule is CCCCC(CC)CN1C(=O)C2C(=C1c1cccs1)C(=O)N(CC(CC)CCCC)C2(CC(CC)CCCC)c1cccs1. The average molecular weight is 639 g/mol. The summed E-state index contributed by atoms with van der Waals surface area (Å²) in [6.07, 6.45) is 14.4. The molecule has 1 saturated heterocycles. The topological polar surface area (TPSA) is 40.6 Å². The lowest BCUT2D eigenvalue weighted by Crippen LogP contribution is -2.52. The zero-order valence-electron chi connectivity index (χ0n) is 28.4. The predicted molar refractivity (Wildman–Crippen MR) is 189 cm³/mol. The molecule has 5 unspecified atom stereocenters. The highest BCUT2D eigenvalue weighted by atomic mass is 32.1. The molecule has 2 aromatic heterocycles. The Bertz CT molecular complexity index is 1200. The Labute approximate surface area is 276 Å². The van der Waals surface area contributed by atoms with Crippen molar-refractivity contribution in [3.63, 3.8) is 0 Å². The van der Waals surface area contributed by atoms with E-state index in [1.807, 2.05) is 0 Å². The molecule has 1 fully saturated rings. The Morgan fingerprint density at radius 3 is 1.84 bits per heavy atom. The summed E-state index contributed by atoms with van der Waals surface area (Å²) < 4.78 is 0. The van der Waals surface area contributed by atoms with Crippen molar-refractivity contribution >= 4 is 40.2 Å². The molecule has 244 valence electrons. The molecule has 0 saturated carbocycles. The first-order valence-electron chi connectivity index (χ1n) is 17.9. The molecule has 6 heteroatoms. The summed E-state index contributed by atoms with van der Waals surface area (Å²) in [7, 11) is 0. The number of hydrogen-bond donors (Lipinski definition) is 0. The van der Waals surface area contributed by atoms with Crippen LogP contribution >= 0.6 is 22.7 Å². The summed E-state index contributed by atoms with van der Waals surface area (Å²) in [4.78, 5) is 36.9. The van der Waals surface area contributed by atoms with Crippen molar-refractivity contribution < 1.29 is 9.59 Å². The van der Waals surface area contributed by atoms with Gasteiger partial charge < -0.3 is 9.80 Å². The third-order valence-electron chi connectivity index (χ3n) is 10.6. The molecule has 0 aliphatic carbocycles. The molecule has 4 nitrogen and oxygen atoms in total. The number of thiophene rings is 2.